The number of carbonyl (C=O) groups is 1. The number of urea groups is 1. The Morgan fingerprint density at radius 3 is 2.83 bits per heavy atom. The minimum Gasteiger partial charge on any atom is -0.396 e. The molecule has 2 fully saturated rings. The van der Waals surface area contributed by atoms with E-state index in [0.717, 1.165) is 50.3 Å². The summed E-state index contributed by atoms with van der Waals surface area (Å²) in [6, 6.07) is 3.58. The number of rotatable bonds is 4. The molecule has 1 aromatic heterocycles. The van der Waals surface area contributed by atoms with Crippen LogP contribution in [0.3, 0.4) is 0 Å². The molecule has 0 radical (unpaired) electrons. The summed E-state index contributed by atoms with van der Waals surface area (Å²) in [6.45, 7) is 2.11. The van der Waals surface area contributed by atoms with E-state index in [2.05, 4.69) is 20.5 Å². The summed E-state index contributed by atoms with van der Waals surface area (Å²) < 4.78 is 0. The minimum absolute atomic E-state index is 0.0562. The van der Waals surface area contributed by atoms with E-state index >= 15 is 0 Å². The monoisotopic (exact) mass is 318 g/mol. The summed E-state index contributed by atoms with van der Waals surface area (Å²) in [5.41, 5.74) is 0.753. The van der Waals surface area contributed by atoms with Crippen molar-refractivity contribution in [3.8, 4) is 0 Å². The molecule has 0 bridgehead atoms. The van der Waals surface area contributed by atoms with Gasteiger partial charge in [0, 0.05) is 37.9 Å². The number of aliphatic hydroxyl groups is 1. The van der Waals surface area contributed by atoms with Crippen molar-refractivity contribution in [1.82, 2.24) is 10.3 Å². The number of aromatic nitrogens is 1. The van der Waals surface area contributed by atoms with Crippen LogP contribution in [0.2, 0.25) is 0 Å². The smallest absolute Gasteiger partial charge is 0.319 e. The predicted octanol–water partition coefficient (Wildman–Crippen LogP) is 2.35. The number of carbonyl (C=O) groups excluding carboxylic acids is 1. The fourth-order valence-electron chi connectivity index (χ4n) is 3.62. The first-order valence-electron chi connectivity index (χ1n) is 8.66. The molecule has 23 heavy (non-hydrogen) atoms. The molecule has 2 amide bonds. The molecule has 1 aromatic rings. The highest BCUT2D eigenvalue weighted by molar-refractivity contribution is 5.92. The van der Waals surface area contributed by atoms with Crippen LogP contribution in [-0.2, 0) is 0 Å². The van der Waals surface area contributed by atoms with Gasteiger partial charge in [0.1, 0.15) is 0 Å². The minimum atomic E-state index is -0.205. The first-order valence-corrected chi connectivity index (χ1v) is 8.66. The number of nitrogens with zero attached hydrogens (tertiary/aromatic N) is 2. The lowest BCUT2D eigenvalue weighted by molar-refractivity contribution is 0.156. The number of amides is 2. The second-order valence-corrected chi connectivity index (χ2v) is 6.50. The van der Waals surface area contributed by atoms with Gasteiger partial charge in [-0.15, -0.1) is 0 Å². The largest absolute Gasteiger partial charge is 0.396 e. The third kappa shape index (κ3) is 3.93. The fourth-order valence-corrected chi connectivity index (χ4v) is 3.62. The molecule has 126 valence electrons. The Hall–Kier alpha value is -1.82. The number of pyridine rings is 1. The van der Waals surface area contributed by atoms with Crippen LogP contribution >= 0.6 is 0 Å². The van der Waals surface area contributed by atoms with E-state index in [1.165, 1.54) is 12.8 Å². The number of hydrogen-bond acceptors (Lipinski definition) is 4. The van der Waals surface area contributed by atoms with Gasteiger partial charge in [-0.3, -0.25) is 0 Å². The molecule has 6 heteroatoms. The van der Waals surface area contributed by atoms with Crippen LogP contribution in [-0.4, -0.2) is 41.9 Å². The van der Waals surface area contributed by atoms with Gasteiger partial charge in [-0.25, -0.2) is 9.78 Å². The standard InChI is InChI=1S/C17H26N4O2/c22-12-13-6-1-2-7-14(13)19-17(23)20-15-8-5-9-18-16(15)21-10-3-4-11-21/h5,8-9,13-14,22H,1-4,6-7,10-12H2,(H2,19,20,23). The lowest BCUT2D eigenvalue weighted by Crippen LogP contribution is -2.45. The molecule has 3 N–H and O–H groups in total. The predicted molar refractivity (Wildman–Crippen MR) is 90.7 cm³/mol. The highest BCUT2D eigenvalue weighted by Gasteiger charge is 2.26. The van der Waals surface area contributed by atoms with E-state index in [-0.39, 0.29) is 24.6 Å². The van der Waals surface area contributed by atoms with Gasteiger partial charge in [-0.1, -0.05) is 12.8 Å². The Balaban J connectivity index is 1.63. The number of aliphatic hydroxyl groups excluding tert-OH is 1. The SMILES string of the molecule is O=C(Nc1cccnc1N1CCCC1)NC1CCCCC1CO. The van der Waals surface area contributed by atoms with Gasteiger partial charge in [0.15, 0.2) is 5.82 Å². The number of nitrogens with one attached hydrogen (secondary N) is 2. The van der Waals surface area contributed by atoms with Gasteiger partial charge < -0.3 is 20.6 Å². The molecule has 1 aliphatic heterocycles. The lowest BCUT2D eigenvalue weighted by Gasteiger charge is -2.31. The van der Waals surface area contributed by atoms with Gasteiger partial charge in [-0.05, 0) is 37.8 Å². The average molecular weight is 318 g/mol. The van der Waals surface area contributed by atoms with Gasteiger partial charge in [0.2, 0.25) is 0 Å². The highest BCUT2D eigenvalue weighted by atomic mass is 16.3. The second-order valence-electron chi connectivity index (χ2n) is 6.50. The maximum atomic E-state index is 12.4. The molecular weight excluding hydrogens is 292 g/mol. The summed E-state index contributed by atoms with van der Waals surface area (Å²) >= 11 is 0. The number of hydrogen-bond donors (Lipinski definition) is 3. The zero-order valence-corrected chi connectivity index (χ0v) is 13.5. The van der Waals surface area contributed by atoms with E-state index in [1.807, 2.05) is 12.1 Å². The van der Waals surface area contributed by atoms with Gasteiger partial charge in [0.25, 0.3) is 0 Å². The quantitative estimate of drug-likeness (QED) is 0.796. The first-order chi connectivity index (χ1) is 11.3. The zero-order chi connectivity index (χ0) is 16.1. The highest BCUT2D eigenvalue weighted by Crippen LogP contribution is 2.27. The topological polar surface area (TPSA) is 77.5 Å². The van der Waals surface area contributed by atoms with Crippen molar-refractivity contribution >= 4 is 17.5 Å². The van der Waals surface area contributed by atoms with Crippen molar-refractivity contribution in [3.05, 3.63) is 18.3 Å². The van der Waals surface area contributed by atoms with Crippen molar-refractivity contribution in [2.45, 2.75) is 44.6 Å². The van der Waals surface area contributed by atoms with Crippen LogP contribution in [0.15, 0.2) is 18.3 Å². The molecule has 2 atom stereocenters. The van der Waals surface area contributed by atoms with E-state index in [4.69, 9.17) is 0 Å². The van der Waals surface area contributed by atoms with E-state index < -0.39 is 0 Å². The molecule has 3 rings (SSSR count). The van der Waals surface area contributed by atoms with Gasteiger partial charge in [0.05, 0.1) is 5.69 Å². The van der Waals surface area contributed by atoms with Crippen LogP contribution in [0, 0.1) is 5.92 Å². The maximum absolute atomic E-state index is 12.4. The summed E-state index contributed by atoms with van der Waals surface area (Å²) in [5.74, 6) is 1.02. The molecule has 2 unspecified atom stereocenters. The van der Waals surface area contributed by atoms with Gasteiger partial charge in [-0.2, -0.15) is 0 Å². The maximum Gasteiger partial charge on any atom is 0.319 e. The molecule has 1 saturated carbocycles. The summed E-state index contributed by atoms with van der Waals surface area (Å²) in [4.78, 5) is 19.0. The fraction of sp³-hybridized carbons (Fsp3) is 0.647. The first kappa shape index (κ1) is 16.1. The summed E-state index contributed by atoms with van der Waals surface area (Å²) in [5, 5.41) is 15.4. The van der Waals surface area contributed by atoms with Crippen molar-refractivity contribution in [3.63, 3.8) is 0 Å². The second kappa shape index (κ2) is 7.64. The van der Waals surface area contributed by atoms with Crippen LogP contribution in [0.1, 0.15) is 38.5 Å². The summed E-state index contributed by atoms with van der Waals surface area (Å²) in [7, 11) is 0. The van der Waals surface area contributed by atoms with E-state index in [1.54, 1.807) is 6.20 Å². The van der Waals surface area contributed by atoms with Crippen molar-refractivity contribution in [2.24, 2.45) is 5.92 Å². The van der Waals surface area contributed by atoms with E-state index in [0.29, 0.717) is 0 Å². The average Bonchev–Trinajstić information content (AvgIpc) is 3.10. The molecule has 1 aliphatic carbocycles. The number of anilines is 2. The summed E-state index contributed by atoms with van der Waals surface area (Å²) in [6.07, 6.45) is 8.25. The molecule has 6 nitrogen and oxygen atoms in total. The van der Waals surface area contributed by atoms with Crippen molar-refractivity contribution in [1.29, 1.82) is 0 Å². The van der Waals surface area contributed by atoms with Crippen molar-refractivity contribution in [2.75, 3.05) is 29.9 Å². The molecule has 0 spiro atoms. The van der Waals surface area contributed by atoms with Crippen LogP contribution in [0.5, 0.6) is 0 Å². The molecule has 1 saturated heterocycles. The Morgan fingerprint density at radius 2 is 2.04 bits per heavy atom. The van der Waals surface area contributed by atoms with Crippen LogP contribution in [0.25, 0.3) is 0 Å². The molecule has 2 aliphatic rings. The van der Waals surface area contributed by atoms with Crippen LogP contribution in [0.4, 0.5) is 16.3 Å². The Morgan fingerprint density at radius 1 is 1.26 bits per heavy atom. The normalized spacial score (nSPS) is 24.5. The molecular formula is C17H26N4O2. The Kier molecular flexibility index (Phi) is 5.33. The van der Waals surface area contributed by atoms with E-state index in [9.17, 15) is 9.90 Å². The van der Waals surface area contributed by atoms with Gasteiger partial charge >= 0.3 is 6.03 Å². The molecule has 0 aromatic carbocycles. The van der Waals surface area contributed by atoms with Crippen LogP contribution < -0.4 is 15.5 Å². The molecule has 2 heterocycles. The lowest BCUT2D eigenvalue weighted by atomic mass is 9.85. The Labute approximate surface area is 137 Å². The third-order valence-corrected chi connectivity index (χ3v) is 4.90. The third-order valence-electron chi connectivity index (χ3n) is 4.90. The zero-order valence-electron chi connectivity index (χ0n) is 13.5. The van der Waals surface area contributed by atoms with Crippen molar-refractivity contribution < 1.29 is 9.90 Å². The Bertz CT molecular complexity index is 531.